The van der Waals surface area contributed by atoms with E-state index in [1.54, 1.807) is 7.05 Å². The van der Waals surface area contributed by atoms with Crippen LogP contribution in [0.25, 0.3) is 22.0 Å². The van der Waals surface area contributed by atoms with E-state index in [2.05, 4.69) is 119 Å². The summed E-state index contributed by atoms with van der Waals surface area (Å²) in [5.41, 5.74) is 3.86. The molecule has 0 aliphatic carbocycles. The van der Waals surface area contributed by atoms with Crippen molar-refractivity contribution in [2.75, 3.05) is 47.9 Å². The highest BCUT2D eigenvalue weighted by atomic mass is 16.5. The number of ether oxygens (including phenoxy) is 2. The minimum Gasteiger partial charge on any atom is -0.471 e. The number of alkyl carbamates (subject to hydrolysis) is 1. The zero-order valence-corrected chi connectivity index (χ0v) is 35.0. The molecule has 5 rings (SSSR count). The first kappa shape index (κ1) is 48.1. The quantitative estimate of drug-likeness (QED) is 0.0656. The van der Waals surface area contributed by atoms with Crippen LogP contribution < -0.4 is 16.0 Å². The first-order valence-electron chi connectivity index (χ1n) is 19.5. The summed E-state index contributed by atoms with van der Waals surface area (Å²) in [6.45, 7) is 10.4. The van der Waals surface area contributed by atoms with E-state index in [0.717, 1.165) is 77.9 Å². The molecule has 0 spiro atoms. The summed E-state index contributed by atoms with van der Waals surface area (Å²) in [5.74, 6) is 8.21. The number of likely N-dealkylation sites (N-methyl/N-ethyl adjacent to an activating group) is 1. The van der Waals surface area contributed by atoms with Crippen molar-refractivity contribution in [3.8, 4) is 29.2 Å². The lowest BCUT2D eigenvalue weighted by Gasteiger charge is -2.16. The Morgan fingerprint density at radius 1 is 1.07 bits per heavy atom. The van der Waals surface area contributed by atoms with Crippen molar-refractivity contribution in [1.82, 2.24) is 40.8 Å². The third-order valence-corrected chi connectivity index (χ3v) is 8.71. The topological polar surface area (TPSA) is 207 Å². The van der Waals surface area contributed by atoms with E-state index in [0.29, 0.717) is 37.2 Å². The maximum Gasteiger partial charge on any atom is 0.407 e. The molecule has 0 bridgehead atoms. The Labute approximate surface area is 342 Å². The number of aryl methyl sites for hydroxylation is 1. The minimum atomic E-state index is -0.573. The van der Waals surface area contributed by atoms with Crippen molar-refractivity contribution < 1.29 is 28.7 Å². The Morgan fingerprint density at radius 2 is 1.78 bits per heavy atom. The number of nitrogens with one attached hydrogen (secondary N) is 5. The number of aldehydes is 1. The maximum absolute atomic E-state index is 11.5. The number of aromatic nitrogens is 4. The number of methoxy groups -OCH3 is 2. The molecule has 15 nitrogen and oxygen atoms in total. The van der Waals surface area contributed by atoms with Crippen LogP contribution in [0, 0.1) is 29.1 Å². The summed E-state index contributed by atoms with van der Waals surface area (Å²) in [6, 6.07) is 14.4. The number of imidazole rings is 2. The second kappa shape index (κ2) is 26.8. The molecule has 5 N–H and O–H groups in total. The van der Waals surface area contributed by atoms with Gasteiger partial charge in [-0.25, -0.2) is 14.8 Å². The third kappa shape index (κ3) is 16.2. The molecule has 2 aromatic carbocycles. The van der Waals surface area contributed by atoms with Crippen LogP contribution in [0.3, 0.4) is 0 Å². The Morgan fingerprint density at radius 3 is 2.38 bits per heavy atom. The number of hydrogen-bond donors (Lipinski definition) is 5. The predicted molar refractivity (Wildman–Crippen MR) is 225 cm³/mol. The fourth-order valence-corrected chi connectivity index (χ4v) is 5.66. The number of fused-ring (bicyclic) bond motifs is 1. The Hall–Kier alpha value is -6.03. The highest BCUT2D eigenvalue weighted by molar-refractivity contribution is 5.88. The fourth-order valence-electron chi connectivity index (χ4n) is 5.66. The molecule has 1 aliphatic heterocycles. The standard InChI is InChI=1S/C31H34N8O.C7H13NO3.C3H8.C2H4O2/c1-33-20-30(40)34-14-4-3-7-29-35-19-27(36-29)24-12-11-22-16-21(8-10-23(22)17-24)9-13-25-26(18-32)38-31(37-25)28-6-5-15-39(28)2;1-5(2)6(4-9)8-7(10)11-3;1-3-2;1-4-2-3/h8,10-12,16-17,19,28,33H,3-7,14-15,20H2,1-2H3,(H,34,40)(H,35,36)(H,37,38);4-6H,1-3H3,(H,8,10);3H2,1-2H3;2H,1H3. The van der Waals surface area contributed by atoms with Gasteiger partial charge in [0.1, 0.15) is 29.7 Å². The summed E-state index contributed by atoms with van der Waals surface area (Å²) in [5, 5.41) is 19.9. The van der Waals surface area contributed by atoms with Gasteiger partial charge in [-0.1, -0.05) is 58.2 Å². The van der Waals surface area contributed by atoms with Crippen LogP contribution in [0.15, 0.2) is 42.6 Å². The van der Waals surface area contributed by atoms with Gasteiger partial charge in [-0.05, 0) is 87.1 Å². The summed E-state index contributed by atoms with van der Waals surface area (Å²) in [6.07, 6.45) is 8.10. The molecular weight excluding hydrogens is 739 g/mol. The molecule has 0 radical (unpaired) electrons. The van der Waals surface area contributed by atoms with Crippen molar-refractivity contribution in [3.63, 3.8) is 0 Å². The lowest BCUT2D eigenvalue weighted by molar-refractivity contribution is -0.126. The molecule has 1 saturated heterocycles. The first-order chi connectivity index (χ1) is 28.0. The van der Waals surface area contributed by atoms with Crippen LogP contribution in [0.4, 0.5) is 4.79 Å². The molecule has 15 heteroatoms. The number of benzene rings is 2. The number of carbonyl (C=O) groups is 4. The van der Waals surface area contributed by atoms with Gasteiger partial charge in [0.05, 0.1) is 44.7 Å². The van der Waals surface area contributed by atoms with Gasteiger partial charge in [-0.15, -0.1) is 0 Å². The van der Waals surface area contributed by atoms with E-state index in [1.807, 2.05) is 26.1 Å². The summed E-state index contributed by atoms with van der Waals surface area (Å²) in [4.78, 5) is 59.4. The Balaban J connectivity index is 0.000000541. The number of rotatable bonds is 13. The van der Waals surface area contributed by atoms with Gasteiger partial charge in [-0.3, -0.25) is 14.5 Å². The number of aromatic amines is 2. The summed E-state index contributed by atoms with van der Waals surface area (Å²) in [7, 11) is 6.42. The fraction of sp³-hybridized carbons (Fsp3) is 0.465. The molecule has 3 heterocycles. The lowest BCUT2D eigenvalue weighted by Crippen LogP contribution is -2.39. The second-order valence-electron chi connectivity index (χ2n) is 13.8. The Bertz CT molecular complexity index is 1990. The first-order valence-corrected chi connectivity index (χ1v) is 19.5. The van der Waals surface area contributed by atoms with Gasteiger partial charge in [0.15, 0.2) is 5.69 Å². The molecule has 2 amide bonds. The largest absolute Gasteiger partial charge is 0.471 e. The number of amides is 2. The van der Waals surface area contributed by atoms with Crippen molar-refractivity contribution in [2.24, 2.45) is 5.92 Å². The van der Waals surface area contributed by atoms with Gasteiger partial charge < -0.3 is 40.2 Å². The molecule has 58 heavy (non-hydrogen) atoms. The number of hydrogen-bond acceptors (Lipinski definition) is 11. The minimum absolute atomic E-state index is 0.0190. The van der Waals surface area contributed by atoms with Crippen LogP contribution in [-0.4, -0.2) is 104 Å². The molecule has 2 atom stereocenters. The molecule has 1 fully saturated rings. The van der Waals surface area contributed by atoms with E-state index in [4.69, 9.17) is 4.79 Å². The predicted octanol–water partition coefficient (Wildman–Crippen LogP) is 5.42. The average Bonchev–Trinajstić information content (AvgIpc) is 3.99. The SMILES string of the molecule is CCC.CNCC(=O)NCCCCc1ncc(-c2ccc3cc(C#Cc4[nH]c(C5CCCN5C)nc4C#N)ccc3c2)[nH]1.COC(=O)NC(C=O)C(C)C.COC=O. The van der Waals surface area contributed by atoms with Crippen molar-refractivity contribution in [1.29, 1.82) is 5.26 Å². The number of carbonyl (C=O) groups excluding carboxylic acids is 4. The number of H-pyrrole nitrogens is 2. The van der Waals surface area contributed by atoms with Gasteiger partial charge in [0.2, 0.25) is 5.91 Å². The van der Waals surface area contributed by atoms with Gasteiger partial charge >= 0.3 is 6.09 Å². The Kier molecular flexibility index (Phi) is 22.2. The van der Waals surface area contributed by atoms with Crippen LogP contribution in [0.2, 0.25) is 0 Å². The normalized spacial score (nSPS) is 13.4. The van der Waals surface area contributed by atoms with E-state index >= 15 is 0 Å². The van der Waals surface area contributed by atoms with Gasteiger partial charge in [0, 0.05) is 24.1 Å². The van der Waals surface area contributed by atoms with Crippen LogP contribution in [0.5, 0.6) is 0 Å². The number of nitriles is 1. The molecule has 4 aromatic rings. The smallest absolute Gasteiger partial charge is 0.407 e. The highest BCUT2D eigenvalue weighted by Crippen LogP contribution is 2.29. The van der Waals surface area contributed by atoms with Crippen molar-refractivity contribution >= 4 is 35.5 Å². The maximum atomic E-state index is 11.5. The summed E-state index contributed by atoms with van der Waals surface area (Å²) < 4.78 is 8.18. The summed E-state index contributed by atoms with van der Waals surface area (Å²) >= 11 is 0. The molecule has 0 saturated carbocycles. The molecule has 312 valence electrons. The van der Waals surface area contributed by atoms with Crippen LogP contribution >= 0.6 is 0 Å². The second-order valence-corrected chi connectivity index (χ2v) is 13.8. The molecular formula is C43H59N9O6. The van der Waals surface area contributed by atoms with Crippen LogP contribution in [0.1, 0.15) is 94.4 Å². The zero-order chi connectivity index (χ0) is 42.9. The van der Waals surface area contributed by atoms with Crippen LogP contribution in [-0.2, 0) is 30.3 Å². The highest BCUT2D eigenvalue weighted by Gasteiger charge is 2.26. The molecule has 2 unspecified atom stereocenters. The van der Waals surface area contributed by atoms with E-state index in [1.165, 1.54) is 20.6 Å². The third-order valence-electron chi connectivity index (χ3n) is 8.71. The van der Waals surface area contributed by atoms with Gasteiger partial charge in [0.25, 0.3) is 6.47 Å². The van der Waals surface area contributed by atoms with E-state index in [9.17, 15) is 19.6 Å². The molecule has 1 aliphatic rings. The number of nitrogens with zero attached hydrogens (tertiary/aromatic N) is 4. The van der Waals surface area contributed by atoms with Crippen molar-refractivity contribution in [2.45, 2.75) is 78.3 Å². The van der Waals surface area contributed by atoms with E-state index in [-0.39, 0.29) is 17.9 Å². The average molecular weight is 798 g/mol. The van der Waals surface area contributed by atoms with Gasteiger partial charge in [-0.2, -0.15) is 5.26 Å². The van der Waals surface area contributed by atoms with E-state index < -0.39 is 12.1 Å². The number of unbranched alkanes of at least 4 members (excludes halogenated alkanes) is 1. The number of likely N-dealkylation sites (tertiary alicyclic amines) is 1. The van der Waals surface area contributed by atoms with Crippen molar-refractivity contribution in [3.05, 3.63) is 71.2 Å². The zero-order valence-electron chi connectivity index (χ0n) is 35.0. The molecule has 2 aromatic heterocycles. The monoisotopic (exact) mass is 797 g/mol. The lowest BCUT2D eigenvalue weighted by atomic mass is 10.0.